The van der Waals surface area contributed by atoms with Gasteiger partial charge in [0.25, 0.3) is 0 Å². The minimum atomic E-state index is 0.370. The molecule has 0 amide bonds. The molecule has 18 heavy (non-hydrogen) atoms. The van der Waals surface area contributed by atoms with E-state index in [9.17, 15) is 0 Å². The van der Waals surface area contributed by atoms with Crippen LogP contribution in [0.25, 0.3) is 0 Å². The first-order chi connectivity index (χ1) is 8.42. The number of aryl methyl sites for hydroxylation is 1. The molecule has 0 atom stereocenters. The fraction of sp³-hybridized carbons (Fsp3) is 0.667. The van der Waals surface area contributed by atoms with Gasteiger partial charge in [-0.25, -0.2) is 0 Å². The predicted molar refractivity (Wildman–Crippen MR) is 75.9 cm³/mol. The number of ether oxygens (including phenoxy) is 1. The van der Waals surface area contributed by atoms with Crippen LogP contribution in [-0.2, 0) is 6.42 Å². The van der Waals surface area contributed by atoms with Gasteiger partial charge in [-0.2, -0.15) is 0 Å². The topological polar surface area (TPSA) is 48.1 Å². The molecule has 1 aromatic rings. The first-order valence-corrected chi connectivity index (χ1v) is 6.72. The molecule has 0 aromatic carbocycles. The van der Waals surface area contributed by atoms with E-state index in [4.69, 9.17) is 10.5 Å². The standard InChI is InChI=1S/C15H26N2O/c1-12-6-7-14(13(17-12)8-10-16)18-11-5-9-15(2,3)4/h6-7H,5,8-11,16H2,1-4H3. The zero-order valence-electron chi connectivity index (χ0n) is 12.1. The van der Waals surface area contributed by atoms with Crippen LogP contribution in [0.15, 0.2) is 12.1 Å². The van der Waals surface area contributed by atoms with Crippen molar-refractivity contribution in [2.75, 3.05) is 13.2 Å². The van der Waals surface area contributed by atoms with Crippen molar-refractivity contribution >= 4 is 0 Å². The average molecular weight is 250 g/mol. The Balaban J connectivity index is 2.51. The number of nitrogens with zero attached hydrogens (tertiary/aromatic N) is 1. The maximum atomic E-state index is 5.82. The fourth-order valence-corrected chi connectivity index (χ4v) is 1.83. The largest absolute Gasteiger partial charge is 0.492 e. The number of hydrogen-bond acceptors (Lipinski definition) is 3. The Morgan fingerprint density at radius 2 is 2.00 bits per heavy atom. The summed E-state index contributed by atoms with van der Waals surface area (Å²) in [6, 6.07) is 3.99. The van der Waals surface area contributed by atoms with E-state index < -0.39 is 0 Å². The van der Waals surface area contributed by atoms with Gasteiger partial charge in [-0.3, -0.25) is 4.98 Å². The van der Waals surface area contributed by atoms with Gasteiger partial charge < -0.3 is 10.5 Å². The first kappa shape index (κ1) is 15.0. The van der Waals surface area contributed by atoms with Gasteiger partial charge in [-0.15, -0.1) is 0 Å². The molecule has 102 valence electrons. The summed E-state index contributed by atoms with van der Waals surface area (Å²) in [6.07, 6.45) is 3.01. The summed E-state index contributed by atoms with van der Waals surface area (Å²) in [4.78, 5) is 4.49. The normalized spacial score (nSPS) is 11.6. The van der Waals surface area contributed by atoms with Crippen LogP contribution in [0.1, 0.15) is 45.0 Å². The molecule has 2 N–H and O–H groups in total. The summed E-state index contributed by atoms with van der Waals surface area (Å²) in [5.74, 6) is 0.889. The van der Waals surface area contributed by atoms with Crippen molar-refractivity contribution in [2.24, 2.45) is 11.1 Å². The molecule has 0 aliphatic carbocycles. The zero-order chi connectivity index (χ0) is 13.6. The van der Waals surface area contributed by atoms with Crippen molar-refractivity contribution in [1.82, 2.24) is 4.98 Å². The second kappa shape index (κ2) is 6.74. The molecule has 3 nitrogen and oxygen atoms in total. The second-order valence-electron chi connectivity index (χ2n) is 5.95. The lowest BCUT2D eigenvalue weighted by molar-refractivity contribution is 0.266. The monoisotopic (exact) mass is 250 g/mol. The Morgan fingerprint density at radius 3 is 2.61 bits per heavy atom. The summed E-state index contributed by atoms with van der Waals surface area (Å²) in [6.45, 7) is 10.1. The lowest BCUT2D eigenvalue weighted by atomic mass is 9.91. The van der Waals surface area contributed by atoms with Crippen LogP contribution in [0.3, 0.4) is 0 Å². The van der Waals surface area contributed by atoms with E-state index in [1.165, 1.54) is 6.42 Å². The molecular formula is C15H26N2O. The van der Waals surface area contributed by atoms with Gasteiger partial charge in [-0.05, 0) is 43.9 Å². The Kier molecular flexibility index (Phi) is 5.60. The molecular weight excluding hydrogens is 224 g/mol. The third kappa shape index (κ3) is 5.50. The van der Waals surface area contributed by atoms with Crippen LogP contribution >= 0.6 is 0 Å². The van der Waals surface area contributed by atoms with Gasteiger partial charge >= 0.3 is 0 Å². The van der Waals surface area contributed by atoms with Gasteiger partial charge in [0.15, 0.2) is 0 Å². The van der Waals surface area contributed by atoms with Gasteiger partial charge in [0.1, 0.15) is 5.75 Å². The van der Waals surface area contributed by atoms with Gasteiger partial charge in [0, 0.05) is 12.1 Å². The summed E-state index contributed by atoms with van der Waals surface area (Å²) in [5.41, 5.74) is 7.96. The van der Waals surface area contributed by atoms with Crippen LogP contribution in [0.2, 0.25) is 0 Å². The zero-order valence-corrected chi connectivity index (χ0v) is 12.1. The molecule has 0 fully saturated rings. The molecule has 1 heterocycles. The van der Waals surface area contributed by atoms with Crippen LogP contribution in [-0.4, -0.2) is 18.1 Å². The third-order valence-electron chi connectivity index (χ3n) is 2.78. The molecule has 0 saturated heterocycles. The van der Waals surface area contributed by atoms with E-state index in [0.717, 1.165) is 36.6 Å². The molecule has 0 spiro atoms. The van der Waals surface area contributed by atoms with Crippen LogP contribution in [0.5, 0.6) is 5.75 Å². The summed E-state index contributed by atoms with van der Waals surface area (Å²) in [5, 5.41) is 0. The number of rotatable bonds is 6. The summed E-state index contributed by atoms with van der Waals surface area (Å²) < 4.78 is 5.82. The number of pyridine rings is 1. The molecule has 0 aliphatic rings. The molecule has 0 radical (unpaired) electrons. The van der Waals surface area contributed by atoms with Gasteiger partial charge in [0.05, 0.1) is 12.3 Å². The lowest BCUT2D eigenvalue weighted by Gasteiger charge is -2.18. The Hall–Kier alpha value is -1.09. The molecule has 0 unspecified atom stereocenters. The highest BCUT2D eigenvalue weighted by Gasteiger charge is 2.10. The number of hydrogen-bond donors (Lipinski definition) is 1. The predicted octanol–water partition coefficient (Wildman–Crippen LogP) is 3.10. The SMILES string of the molecule is Cc1ccc(OCCCC(C)(C)C)c(CCN)n1. The van der Waals surface area contributed by atoms with Crippen molar-refractivity contribution in [3.05, 3.63) is 23.5 Å². The van der Waals surface area contributed by atoms with E-state index in [1.54, 1.807) is 0 Å². The third-order valence-corrected chi connectivity index (χ3v) is 2.78. The highest BCUT2D eigenvalue weighted by molar-refractivity contribution is 5.29. The number of aromatic nitrogens is 1. The summed E-state index contributed by atoms with van der Waals surface area (Å²) >= 11 is 0. The second-order valence-corrected chi connectivity index (χ2v) is 5.95. The molecule has 1 rings (SSSR count). The van der Waals surface area contributed by atoms with Crippen molar-refractivity contribution < 1.29 is 4.74 Å². The summed E-state index contributed by atoms with van der Waals surface area (Å²) in [7, 11) is 0. The Labute approximate surface area is 111 Å². The minimum Gasteiger partial charge on any atom is -0.492 e. The molecule has 0 bridgehead atoms. The van der Waals surface area contributed by atoms with E-state index in [2.05, 4.69) is 25.8 Å². The van der Waals surface area contributed by atoms with E-state index in [-0.39, 0.29) is 0 Å². The molecule has 1 aromatic heterocycles. The highest BCUT2D eigenvalue weighted by atomic mass is 16.5. The highest BCUT2D eigenvalue weighted by Crippen LogP contribution is 2.22. The molecule has 0 saturated carbocycles. The van der Waals surface area contributed by atoms with E-state index in [1.807, 2.05) is 19.1 Å². The Morgan fingerprint density at radius 1 is 1.28 bits per heavy atom. The van der Waals surface area contributed by atoms with Crippen molar-refractivity contribution in [2.45, 2.75) is 47.0 Å². The smallest absolute Gasteiger partial charge is 0.140 e. The number of nitrogens with two attached hydrogens (primary N) is 1. The Bertz CT molecular complexity index is 369. The van der Waals surface area contributed by atoms with Crippen LogP contribution in [0, 0.1) is 12.3 Å². The first-order valence-electron chi connectivity index (χ1n) is 6.72. The van der Waals surface area contributed by atoms with Crippen LogP contribution in [0.4, 0.5) is 0 Å². The van der Waals surface area contributed by atoms with Crippen molar-refractivity contribution in [1.29, 1.82) is 0 Å². The lowest BCUT2D eigenvalue weighted by Crippen LogP contribution is -2.10. The van der Waals surface area contributed by atoms with Crippen molar-refractivity contribution in [3.8, 4) is 5.75 Å². The fourth-order valence-electron chi connectivity index (χ4n) is 1.83. The molecule has 3 heteroatoms. The minimum absolute atomic E-state index is 0.370. The maximum absolute atomic E-state index is 5.82. The van der Waals surface area contributed by atoms with Crippen LogP contribution < -0.4 is 10.5 Å². The quantitative estimate of drug-likeness (QED) is 0.789. The van der Waals surface area contributed by atoms with Gasteiger partial charge in [-0.1, -0.05) is 20.8 Å². The molecule has 0 aliphatic heterocycles. The maximum Gasteiger partial charge on any atom is 0.140 e. The van der Waals surface area contributed by atoms with E-state index in [0.29, 0.717) is 12.0 Å². The van der Waals surface area contributed by atoms with Crippen molar-refractivity contribution in [3.63, 3.8) is 0 Å². The van der Waals surface area contributed by atoms with E-state index >= 15 is 0 Å². The van der Waals surface area contributed by atoms with Gasteiger partial charge in [0.2, 0.25) is 0 Å². The average Bonchev–Trinajstić information content (AvgIpc) is 2.26.